The molecule has 92 valence electrons. The van der Waals surface area contributed by atoms with E-state index < -0.39 is 0 Å². The van der Waals surface area contributed by atoms with Crippen LogP contribution in [0.15, 0.2) is 9.41 Å². The molecular formula is C13H21BN2O. The summed E-state index contributed by atoms with van der Waals surface area (Å²) in [5, 5.41) is -0.358. The second-order valence-corrected chi connectivity index (χ2v) is 6.16. The molecule has 17 heavy (non-hydrogen) atoms. The van der Waals surface area contributed by atoms with Gasteiger partial charge in [-0.15, -0.1) is 0 Å². The van der Waals surface area contributed by atoms with Gasteiger partial charge in [0.05, 0.1) is 13.5 Å². The SMILES string of the molecule is [B]C1(C)CCCc2c1oc(=NC)n2C(C)(C)C. The van der Waals surface area contributed by atoms with E-state index in [0.29, 0.717) is 5.68 Å². The first-order valence-corrected chi connectivity index (χ1v) is 6.25. The molecule has 4 heteroatoms. The van der Waals surface area contributed by atoms with Gasteiger partial charge in [0, 0.05) is 12.6 Å². The van der Waals surface area contributed by atoms with Crippen molar-refractivity contribution in [2.75, 3.05) is 7.05 Å². The number of oxazole rings is 1. The van der Waals surface area contributed by atoms with Gasteiger partial charge < -0.3 is 4.42 Å². The Bertz CT molecular complexity index is 488. The lowest BCUT2D eigenvalue weighted by Gasteiger charge is -2.30. The molecule has 0 spiro atoms. The third-order valence-electron chi connectivity index (χ3n) is 3.41. The van der Waals surface area contributed by atoms with Crippen molar-refractivity contribution in [3.8, 4) is 0 Å². The van der Waals surface area contributed by atoms with Crippen molar-refractivity contribution in [3.05, 3.63) is 17.1 Å². The fraction of sp³-hybridized carbons (Fsp3) is 0.769. The fourth-order valence-corrected chi connectivity index (χ4v) is 2.66. The van der Waals surface area contributed by atoms with Crippen molar-refractivity contribution in [2.24, 2.45) is 4.99 Å². The zero-order valence-electron chi connectivity index (χ0n) is 11.5. The molecule has 1 atom stereocenters. The second-order valence-electron chi connectivity index (χ2n) is 6.16. The summed E-state index contributed by atoms with van der Waals surface area (Å²) in [4.78, 5) is 4.25. The van der Waals surface area contributed by atoms with E-state index in [0.717, 1.165) is 25.0 Å². The lowest BCUT2D eigenvalue weighted by molar-refractivity contribution is 0.331. The monoisotopic (exact) mass is 232 g/mol. The van der Waals surface area contributed by atoms with Crippen molar-refractivity contribution in [1.29, 1.82) is 0 Å². The molecule has 0 aliphatic heterocycles. The zero-order valence-corrected chi connectivity index (χ0v) is 11.5. The summed E-state index contributed by atoms with van der Waals surface area (Å²) in [5.41, 5.74) is 1.87. The quantitative estimate of drug-likeness (QED) is 0.630. The molecule has 1 aliphatic carbocycles. The Morgan fingerprint density at radius 1 is 1.41 bits per heavy atom. The fourth-order valence-electron chi connectivity index (χ4n) is 2.66. The van der Waals surface area contributed by atoms with Gasteiger partial charge in [-0.3, -0.25) is 4.57 Å². The Balaban J connectivity index is 2.74. The smallest absolute Gasteiger partial charge is 0.297 e. The number of aromatic nitrogens is 1. The largest absolute Gasteiger partial charge is 0.429 e. The molecule has 0 amide bonds. The van der Waals surface area contributed by atoms with Gasteiger partial charge in [-0.2, -0.15) is 0 Å². The van der Waals surface area contributed by atoms with E-state index in [1.54, 1.807) is 7.05 Å². The van der Waals surface area contributed by atoms with Crippen LogP contribution in [0.25, 0.3) is 0 Å². The first kappa shape index (κ1) is 12.5. The molecule has 0 aromatic carbocycles. The molecule has 1 aromatic rings. The molecule has 3 nitrogen and oxygen atoms in total. The normalized spacial score (nSPS) is 26.1. The van der Waals surface area contributed by atoms with Crippen molar-refractivity contribution in [1.82, 2.24) is 4.57 Å². The van der Waals surface area contributed by atoms with Crippen LogP contribution in [0.2, 0.25) is 0 Å². The van der Waals surface area contributed by atoms with Crippen molar-refractivity contribution >= 4 is 7.85 Å². The summed E-state index contributed by atoms with van der Waals surface area (Å²) in [6.07, 6.45) is 3.11. The van der Waals surface area contributed by atoms with E-state index in [9.17, 15) is 0 Å². The van der Waals surface area contributed by atoms with Crippen LogP contribution in [-0.2, 0) is 17.3 Å². The lowest BCUT2D eigenvalue weighted by Crippen LogP contribution is -2.35. The van der Waals surface area contributed by atoms with Gasteiger partial charge in [-0.25, -0.2) is 4.99 Å². The number of rotatable bonds is 0. The standard InChI is InChI=1S/C13H21BN2O/c1-12(2,3)16-9-7-6-8-13(4,14)10(9)17-11(16)15-5/h6-8H2,1-5H3. The minimum atomic E-state index is -0.358. The molecular weight excluding hydrogens is 211 g/mol. The van der Waals surface area contributed by atoms with Crippen molar-refractivity contribution < 1.29 is 4.42 Å². The van der Waals surface area contributed by atoms with Crippen LogP contribution in [0.3, 0.4) is 0 Å². The second kappa shape index (κ2) is 3.79. The minimum absolute atomic E-state index is 0.0284. The molecule has 0 saturated carbocycles. The Hall–Kier alpha value is -0.925. The third kappa shape index (κ3) is 1.98. The van der Waals surface area contributed by atoms with Crippen LogP contribution < -0.4 is 5.68 Å². The average Bonchev–Trinajstić information content (AvgIpc) is 2.56. The molecule has 1 heterocycles. The Labute approximate surface area is 104 Å². The van der Waals surface area contributed by atoms with Crippen LogP contribution in [0.1, 0.15) is 52.0 Å². The van der Waals surface area contributed by atoms with Gasteiger partial charge in [0.1, 0.15) is 5.76 Å². The van der Waals surface area contributed by atoms with E-state index in [4.69, 9.17) is 12.3 Å². The van der Waals surface area contributed by atoms with E-state index in [-0.39, 0.29) is 10.9 Å². The summed E-state index contributed by atoms with van der Waals surface area (Å²) in [6.45, 7) is 8.54. The van der Waals surface area contributed by atoms with E-state index in [2.05, 4.69) is 30.3 Å². The van der Waals surface area contributed by atoms with Gasteiger partial charge in [-0.05, 0) is 45.3 Å². The Kier molecular flexibility index (Phi) is 2.79. The van der Waals surface area contributed by atoms with E-state index in [1.807, 2.05) is 6.92 Å². The predicted octanol–water partition coefficient (Wildman–Crippen LogP) is 2.09. The Morgan fingerprint density at radius 2 is 2.06 bits per heavy atom. The molecule has 0 N–H and O–H groups in total. The van der Waals surface area contributed by atoms with Crippen LogP contribution >= 0.6 is 0 Å². The molecule has 0 fully saturated rings. The lowest BCUT2D eigenvalue weighted by atomic mass is 9.62. The molecule has 1 aromatic heterocycles. The van der Waals surface area contributed by atoms with Crippen LogP contribution in [0, 0.1) is 0 Å². The highest BCUT2D eigenvalue weighted by atomic mass is 16.4. The van der Waals surface area contributed by atoms with Crippen LogP contribution in [0.5, 0.6) is 0 Å². The predicted molar refractivity (Wildman–Crippen MR) is 69.2 cm³/mol. The van der Waals surface area contributed by atoms with Gasteiger partial charge in [0.2, 0.25) is 0 Å². The molecule has 2 radical (unpaired) electrons. The summed E-state index contributed by atoms with van der Waals surface area (Å²) < 4.78 is 8.09. The Morgan fingerprint density at radius 3 is 2.59 bits per heavy atom. The van der Waals surface area contributed by atoms with E-state index >= 15 is 0 Å². The highest BCUT2D eigenvalue weighted by Crippen LogP contribution is 2.35. The summed E-state index contributed by atoms with van der Waals surface area (Å²) in [7, 11) is 8.09. The summed E-state index contributed by atoms with van der Waals surface area (Å²) in [5.74, 6) is 0.916. The molecule has 2 rings (SSSR count). The number of fused-ring (bicyclic) bond motifs is 1. The highest BCUT2D eigenvalue weighted by molar-refractivity contribution is 6.15. The summed E-state index contributed by atoms with van der Waals surface area (Å²) >= 11 is 0. The minimum Gasteiger partial charge on any atom is -0.429 e. The maximum absolute atomic E-state index is 6.32. The van der Waals surface area contributed by atoms with E-state index in [1.165, 1.54) is 5.69 Å². The summed E-state index contributed by atoms with van der Waals surface area (Å²) in [6, 6.07) is 0. The van der Waals surface area contributed by atoms with Crippen LogP contribution in [0.4, 0.5) is 0 Å². The van der Waals surface area contributed by atoms with Gasteiger partial charge in [-0.1, -0.05) is 6.92 Å². The molecule has 0 saturated heterocycles. The van der Waals surface area contributed by atoms with Crippen molar-refractivity contribution in [3.63, 3.8) is 0 Å². The zero-order chi connectivity index (χ0) is 12.8. The molecule has 1 aliphatic rings. The maximum Gasteiger partial charge on any atom is 0.297 e. The van der Waals surface area contributed by atoms with Gasteiger partial charge in [0.15, 0.2) is 0 Å². The number of hydrogen-bond donors (Lipinski definition) is 0. The third-order valence-corrected chi connectivity index (χ3v) is 3.41. The van der Waals surface area contributed by atoms with Crippen LogP contribution in [-0.4, -0.2) is 19.5 Å². The number of hydrogen-bond acceptors (Lipinski definition) is 2. The number of nitrogens with zero attached hydrogens (tertiary/aromatic N) is 2. The maximum atomic E-state index is 6.32. The molecule has 1 unspecified atom stereocenters. The van der Waals surface area contributed by atoms with Gasteiger partial charge in [0.25, 0.3) is 5.68 Å². The average molecular weight is 232 g/mol. The van der Waals surface area contributed by atoms with Crippen molar-refractivity contribution in [2.45, 2.75) is 57.8 Å². The molecule has 0 bridgehead atoms. The first-order chi connectivity index (χ1) is 7.77. The first-order valence-electron chi connectivity index (χ1n) is 6.25. The topological polar surface area (TPSA) is 30.4 Å². The van der Waals surface area contributed by atoms with Gasteiger partial charge >= 0.3 is 0 Å². The highest BCUT2D eigenvalue weighted by Gasteiger charge is 2.35.